The van der Waals surface area contributed by atoms with E-state index < -0.39 is 32.2 Å². The van der Waals surface area contributed by atoms with E-state index in [1.54, 1.807) is 4.90 Å². The summed E-state index contributed by atoms with van der Waals surface area (Å²) in [5.74, 6) is -0.583. The molecule has 1 aromatic carbocycles. The highest BCUT2D eigenvalue weighted by Crippen LogP contribution is 2.24. The summed E-state index contributed by atoms with van der Waals surface area (Å²) < 4.78 is 59.4. The van der Waals surface area contributed by atoms with E-state index in [-0.39, 0.29) is 42.8 Å². The third-order valence-electron chi connectivity index (χ3n) is 5.10. The second kappa shape index (κ2) is 10.4. The standard InChI is InChI=1S/C22H30FN3O7S/c1-6-16(10-15-11-30-13-26(15)21(27)32-22(2,3)4)31-12-19-24-20(25-33-19)14-7-8-18(17(23)9-14)34(5,28)29/h7-9,15-16H,6,10-13H2,1-5H3/t15?,16-/m0/s1. The summed E-state index contributed by atoms with van der Waals surface area (Å²) in [6, 6.07) is 3.44. The number of nitrogens with zero attached hydrogens (tertiary/aromatic N) is 3. The van der Waals surface area contributed by atoms with E-state index in [9.17, 15) is 17.6 Å². The predicted octanol–water partition coefficient (Wildman–Crippen LogP) is 3.56. The van der Waals surface area contributed by atoms with Gasteiger partial charge in [-0.3, -0.25) is 4.90 Å². The van der Waals surface area contributed by atoms with Gasteiger partial charge in [0.25, 0.3) is 5.89 Å². The molecule has 3 rings (SSSR count). The Morgan fingerprint density at radius 1 is 1.35 bits per heavy atom. The van der Waals surface area contributed by atoms with Crippen LogP contribution in [0, 0.1) is 5.82 Å². The van der Waals surface area contributed by atoms with Crippen molar-refractivity contribution in [1.29, 1.82) is 0 Å². The van der Waals surface area contributed by atoms with Gasteiger partial charge in [0.05, 0.1) is 18.8 Å². The summed E-state index contributed by atoms with van der Waals surface area (Å²) in [5.41, 5.74) is -0.322. The Balaban J connectivity index is 1.60. The van der Waals surface area contributed by atoms with Gasteiger partial charge < -0.3 is 18.7 Å². The molecular formula is C22H30FN3O7S. The molecular weight excluding hydrogens is 469 g/mol. The summed E-state index contributed by atoms with van der Waals surface area (Å²) in [7, 11) is -3.68. The Hall–Kier alpha value is -2.57. The van der Waals surface area contributed by atoms with Crippen molar-refractivity contribution in [3.63, 3.8) is 0 Å². The van der Waals surface area contributed by atoms with E-state index in [4.69, 9.17) is 18.7 Å². The highest BCUT2D eigenvalue weighted by Gasteiger charge is 2.34. The van der Waals surface area contributed by atoms with Crippen LogP contribution in [0.5, 0.6) is 0 Å². The van der Waals surface area contributed by atoms with Crippen molar-refractivity contribution in [1.82, 2.24) is 15.0 Å². The Morgan fingerprint density at radius 3 is 2.71 bits per heavy atom. The molecule has 0 radical (unpaired) electrons. The average Bonchev–Trinajstić information content (AvgIpc) is 3.38. The molecule has 1 aliphatic rings. The van der Waals surface area contributed by atoms with Crippen LogP contribution >= 0.6 is 0 Å². The quantitative estimate of drug-likeness (QED) is 0.537. The van der Waals surface area contributed by atoms with E-state index in [2.05, 4.69) is 10.1 Å². The molecule has 10 nitrogen and oxygen atoms in total. The van der Waals surface area contributed by atoms with Crippen molar-refractivity contribution >= 4 is 15.9 Å². The van der Waals surface area contributed by atoms with Crippen molar-refractivity contribution in [3.05, 3.63) is 29.9 Å². The Labute approximate surface area is 198 Å². The third kappa shape index (κ3) is 6.73. The molecule has 1 aliphatic heterocycles. The lowest BCUT2D eigenvalue weighted by Gasteiger charge is -2.28. The molecule has 0 bridgehead atoms. The molecule has 0 spiro atoms. The number of hydrogen-bond acceptors (Lipinski definition) is 9. The van der Waals surface area contributed by atoms with Crippen molar-refractivity contribution in [3.8, 4) is 11.4 Å². The molecule has 2 heterocycles. The second-order valence-electron chi connectivity index (χ2n) is 9.11. The van der Waals surface area contributed by atoms with Crippen LogP contribution in [-0.2, 0) is 30.7 Å². The summed E-state index contributed by atoms with van der Waals surface area (Å²) in [5, 5.41) is 3.82. The van der Waals surface area contributed by atoms with Crippen LogP contribution < -0.4 is 0 Å². The average molecular weight is 500 g/mol. The van der Waals surface area contributed by atoms with Crippen LogP contribution in [-0.4, -0.2) is 66.9 Å². The summed E-state index contributed by atoms with van der Waals surface area (Å²) >= 11 is 0. The zero-order valence-corrected chi connectivity index (χ0v) is 20.7. The van der Waals surface area contributed by atoms with Crippen LogP contribution in [0.15, 0.2) is 27.6 Å². The van der Waals surface area contributed by atoms with Gasteiger partial charge in [-0.2, -0.15) is 4.98 Å². The highest BCUT2D eigenvalue weighted by molar-refractivity contribution is 7.90. The molecule has 34 heavy (non-hydrogen) atoms. The molecule has 2 aromatic rings. The first-order valence-corrected chi connectivity index (χ1v) is 12.8. The highest BCUT2D eigenvalue weighted by atomic mass is 32.2. The number of benzene rings is 1. The van der Waals surface area contributed by atoms with Crippen LogP contribution in [0.25, 0.3) is 11.4 Å². The Kier molecular flexibility index (Phi) is 7.94. The number of sulfone groups is 1. The first-order valence-electron chi connectivity index (χ1n) is 10.9. The van der Waals surface area contributed by atoms with Crippen LogP contribution in [0.2, 0.25) is 0 Å². The molecule has 1 fully saturated rings. The van der Waals surface area contributed by atoms with Crippen molar-refractivity contribution in [2.75, 3.05) is 19.6 Å². The fourth-order valence-corrected chi connectivity index (χ4v) is 4.15. The number of carbonyl (C=O) groups excluding carboxylic acids is 1. The van der Waals surface area contributed by atoms with E-state index in [1.165, 1.54) is 12.1 Å². The van der Waals surface area contributed by atoms with Crippen molar-refractivity contribution in [2.24, 2.45) is 0 Å². The maximum absolute atomic E-state index is 14.2. The molecule has 0 saturated carbocycles. The minimum absolute atomic E-state index is 0.0232. The molecule has 1 saturated heterocycles. The lowest BCUT2D eigenvalue weighted by atomic mass is 10.1. The number of amides is 1. The summed E-state index contributed by atoms with van der Waals surface area (Å²) in [6.07, 6.45) is 1.51. The number of aromatic nitrogens is 2. The number of ether oxygens (including phenoxy) is 3. The number of halogens is 1. The monoisotopic (exact) mass is 499 g/mol. The largest absolute Gasteiger partial charge is 0.444 e. The van der Waals surface area contributed by atoms with Gasteiger partial charge in [0, 0.05) is 11.8 Å². The molecule has 1 unspecified atom stereocenters. The minimum atomic E-state index is -3.68. The molecule has 1 aromatic heterocycles. The number of rotatable bonds is 8. The van der Waals surface area contributed by atoms with E-state index >= 15 is 0 Å². The molecule has 0 aliphatic carbocycles. The normalized spacial score (nSPS) is 17.7. The summed E-state index contributed by atoms with van der Waals surface area (Å²) in [6.45, 7) is 7.96. The SMILES string of the molecule is CC[C@@H](CC1COCN1C(=O)OC(C)(C)C)OCc1nc(-c2ccc(S(C)(=O)=O)c(F)c2)no1. The van der Waals surface area contributed by atoms with E-state index in [0.29, 0.717) is 19.4 Å². The van der Waals surface area contributed by atoms with Gasteiger partial charge in [-0.25, -0.2) is 17.6 Å². The van der Waals surface area contributed by atoms with Gasteiger partial charge in [0.2, 0.25) is 5.82 Å². The lowest BCUT2D eigenvalue weighted by molar-refractivity contribution is -0.00497. The molecule has 188 valence electrons. The summed E-state index contributed by atoms with van der Waals surface area (Å²) in [4.78, 5) is 17.8. The van der Waals surface area contributed by atoms with Gasteiger partial charge in [-0.1, -0.05) is 12.1 Å². The van der Waals surface area contributed by atoms with Gasteiger partial charge in [-0.15, -0.1) is 0 Å². The second-order valence-corrected chi connectivity index (χ2v) is 11.1. The zero-order valence-electron chi connectivity index (χ0n) is 19.9. The number of carbonyl (C=O) groups is 1. The van der Waals surface area contributed by atoms with Gasteiger partial charge in [-0.05, 0) is 51.8 Å². The van der Waals surface area contributed by atoms with Gasteiger partial charge in [0.15, 0.2) is 9.84 Å². The minimum Gasteiger partial charge on any atom is -0.444 e. The predicted molar refractivity (Wildman–Crippen MR) is 119 cm³/mol. The lowest BCUT2D eigenvalue weighted by Crippen LogP contribution is -2.42. The van der Waals surface area contributed by atoms with Crippen molar-refractivity contribution < 1.29 is 36.3 Å². The zero-order chi connectivity index (χ0) is 25.1. The van der Waals surface area contributed by atoms with E-state index in [1.807, 2.05) is 27.7 Å². The first-order chi connectivity index (χ1) is 15.9. The maximum atomic E-state index is 14.2. The van der Waals surface area contributed by atoms with Gasteiger partial charge >= 0.3 is 6.09 Å². The van der Waals surface area contributed by atoms with Gasteiger partial charge in [0.1, 0.15) is 29.7 Å². The number of hydrogen-bond donors (Lipinski definition) is 0. The van der Waals surface area contributed by atoms with Crippen LogP contribution in [0.3, 0.4) is 0 Å². The Morgan fingerprint density at radius 2 is 2.09 bits per heavy atom. The first kappa shape index (κ1) is 26.0. The fraction of sp³-hybridized carbons (Fsp3) is 0.591. The fourth-order valence-electron chi connectivity index (χ4n) is 3.42. The Bertz CT molecular complexity index is 1110. The molecule has 2 atom stereocenters. The molecule has 0 N–H and O–H groups in total. The smallest absolute Gasteiger partial charge is 0.412 e. The van der Waals surface area contributed by atoms with Crippen LogP contribution in [0.1, 0.15) is 46.4 Å². The van der Waals surface area contributed by atoms with Crippen molar-refractivity contribution in [2.45, 2.75) is 69.8 Å². The molecule has 12 heteroatoms. The maximum Gasteiger partial charge on any atom is 0.412 e. The molecule has 1 amide bonds. The third-order valence-corrected chi connectivity index (χ3v) is 6.23. The topological polar surface area (TPSA) is 121 Å². The van der Waals surface area contributed by atoms with E-state index in [0.717, 1.165) is 12.3 Å². The van der Waals surface area contributed by atoms with Crippen LogP contribution in [0.4, 0.5) is 9.18 Å².